The molecule has 7 rings (SSSR count). The lowest BCUT2D eigenvalue weighted by atomic mass is 9.83. The van der Waals surface area contributed by atoms with E-state index in [9.17, 15) is 9.59 Å². The molecule has 282 valence electrons. The number of ether oxygens (including phenoxy) is 2. The molecule has 14 nitrogen and oxygen atoms in total. The molecule has 0 aliphatic heterocycles. The molecular weight excluding hydrogens is 737 g/mol. The van der Waals surface area contributed by atoms with Crippen LogP contribution in [0.25, 0.3) is 22.8 Å². The highest BCUT2D eigenvalue weighted by Gasteiger charge is 2.47. The van der Waals surface area contributed by atoms with Crippen molar-refractivity contribution in [3.05, 3.63) is 110 Å². The Labute approximate surface area is 327 Å². The Bertz CT molecular complexity index is 2180. The van der Waals surface area contributed by atoms with Crippen LogP contribution in [0.2, 0.25) is 0 Å². The summed E-state index contributed by atoms with van der Waals surface area (Å²) < 4.78 is 16.6. The molecule has 1 saturated carbocycles. The summed E-state index contributed by atoms with van der Waals surface area (Å²) in [6.45, 7) is 1.12. The van der Waals surface area contributed by atoms with Crippen molar-refractivity contribution in [1.82, 2.24) is 34.5 Å². The highest BCUT2D eigenvalue weighted by molar-refractivity contribution is 8.01. The van der Waals surface area contributed by atoms with E-state index < -0.39 is 11.0 Å². The summed E-state index contributed by atoms with van der Waals surface area (Å²) in [5.74, 6) is 1.34. The van der Waals surface area contributed by atoms with E-state index in [4.69, 9.17) is 14.6 Å². The predicted molar refractivity (Wildman–Crippen MR) is 210 cm³/mol. The lowest BCUT2D eigenvalue weighted by Crippen LogP contribution is -2.46. The van der Waals surface area contributed by atoms with Gasteiger partial charge in [0, 0.05) is 55.9 Å². The second-order valence-electron chi connectivity index (χ2n) is 12.7. The minimum atomic E-state index is -0.688. The molecule has 6 aromatic rings. The van der Waals surface area contributed by atoms with Gasteiger partial charge in [-0.05, 0) is 79.6 Å². The van der Waals surface area contributed by atoms with Gasteiger partial charge in [0.25, 0.3) is 5.82 Å². The second-order valence-corrected chi connectivity index (χ2v) is 15.0. The molecule has 1 fully saturated rings. The van der Waals surface area contributed by atoms with Crippen molar-refractivity contribution in [2.75, 3.05) is 30.6 Å². The van der Waals surface area contributed by atoms with Crippen molar-refractivity contribution in [3.63, 3.8) is 0 Å². The van der Waals surface area contributed by atoms with Gasteiger partial charge in [0.1, 0.15) is 17.8 Å². The minimum absolute atomic E-state index is 0.0492. The lowest BCUT2D eigenvalue weighted by molar-refractivity contribution is -0.735. The SMILES string of the molecule is COC(C[n+]1c(SCC(=O)Nc2ccccc2)nn(CCn2c(SC3(C(=O)Nc4ccccc4)CCC3)nnc2-c2ccncc2)c1-c1ccncc1)OC. The maximum absolute atomic E-state index is 13.8. The van der Waals surface area contributed by atoms with Gasteiger partial charge < -0.3 is 20.1 Å². The number of hydrogen-bond acceptors (Lipinski definition) is 11. The molecule has 0 spiro atoms. The van der Waals surface area contributed by atoms with Crippen LogP contribution >= 0.6 is 23.5 Å². The molecule has 4 heterocycles. The molecule has 0 atom stereocenters. The maximum Gasteiger partial charge on any atom is 0.337 e. The van der Waals surface area contributed by atoms with Gasteiger partial charge in [-0.15, -0.1) is 14.9 Å². The van der Waals surface area contributed by atoms with Crippen molar-refractivity contribution >= 4 is 46.7 Å². The van der Waals surface area contributed by atoms with Gasteiger partial charge in [0.15, 0.2) is 17.3 Å². The summed E-state index contributed by atoms with van der Waals surface area (Å²) in [6.07, 6.45) is 8.71. The van der Waals surface area contributed by atoms with Gasteiger partial charge >= 0.3 is 5.16 Å². The largest absolute Gasteiger partial charge is 0.353 e. The number of aryl methyl sites for hydroxylation is 1. The fourth-order valence-corrected chi connectivity index (χ4v) is 8.36. The summed E-state index contributed by atoms with van der Waals surface area (Å²) >= 11 is 2.78. The first kappa shape index (κ1) is 37.9. The topological polar surface area (TPSA) is 155 Å². The number of carbonyl (C=O) groups excluding carboxylic acids is 2. The fraction of sp³-hybridized carbons (Fsp3) is 0.282. The van der Waals surface area contributed by atoms with Gasteiger partial charge in [0.2, 0.25) is 11.8 Å². The summed E-state index contributed by atoms with van der Waals surface area (Å²) in [4.78, 5) is 35.4. The second kappa shape index (κ2) is 17.8. The number of pyridine rings is 2. The number of rotatable bonds is 17. The van der Waals surface area contributed by atoms with Gasteiger partial charge in [-0.3, -0.25) is 24.1 Å². The predicted octanol–water partition coefficient (Wildman–Crippen LogP) is 5.59. The number of para-hydroxylation sites is 2. The van der Waals surface area contributed by atoms with Crippen LogP contribution in [0.3, 0.4) is 0 Å². The number of nitrogens with one attached hydrogen (secondary N) is 2. The molecule has 1 aliphatic carbocycles. The Morgan fingerprint density at radius 2 is 1.44 bits per heavy atom. The number of nitrogens with zero attached hydrogens (tertiary/aromatic N) is 8. The average Bonchev–Trinajstić information content (AvgIpc) is 3.77. The van der Waals surface area contributed by atoms with Crippen LogP contribution in [0, 0.1) is 0 Å². The van der Waals surface area contributed by atoms with Gasteiger partial charge in [-0.2, -0.15) is 0 Å². The first-order valence-corrected chi connectivity index (χ1v) is 19.6. The van der Waals surface area contributed by atoms with E-state index in [1.165, 1.54) is 23.5 Å². The Balaban J connectivity index is 1.22. The summed E-state index contributed by atoms with van der Waals surface area (Å²) in [7, 11) is 3.18. The third-order valence-corrected chi connectivity index (χ3v) is 11.6. The number of thioether (sulfide) groups is 2. The van der Waals surface area contributed by atoms with E-state index >= 15 is 0 Å². The molecule has 0 unspecified atom stereocenters. The lowest BCUT2D eigenvalue weighted by Gasteiger charge is -2.38. The van der Waals surface area contributed by atoms with E-state index in [1.807, 2.05) is 98.7 Å². The van der Waals surface area contributed by atoms with E-state index in [1.54, 1.807) is 39.0 Å². The minimum Gasteiger partial charge on any atom is -0.353 e. The molecule has 2 aromatic carbocycles. The zero-order valence-electron chi connectivity index (χ0n) is 30.4. The number of aromatic nitrogens is 8. The monoisotopic (exact) mass is 777 g/mol. The van der Waals surface area contributed by atoms with Crippen molar-refractivity contribution in [3.8, 4) is 22.8 Å². The normalized spacial score (nSPS) is 13.4. The van der Waals surface area contributed by atoms with Crippen molar-refractivity contribution < 1.29 is 23.6 Å². The summed E-state index contributed by atoms with van der Waals surface area (Å²) in [5.41, 5.74) is 3.19. The van der Waals surface area contributed by atoms with Gasteiger partial charge in [0.05, 0.1) is 23.0 Å². The van der Waals surface area contributed by atoms with Gasteiger partial charge in [-0.1, -0.05) is 48.2 Å². The molecule has 0 saturated heterocycles. The maximum atomic E-state index is 13.8. The Morgan fingerprint density at radius 1 is 0.818 bits per heavy atom. The Kier molecular flexibility index (Phi) is 12.3. The quantitative estimate of drug-likeness (QED) is 0.0677. The third kappa shape index (κ3) is 8.94. The summed E-state index contributed by atoms with van der Waals surface area (Å²) in [5, 5.41) is 21.7. The van der Waals surface area contributed by atoms with Crippen LogP contribution in [0.1, 0.15) is 19.3 Å². The number of hydrogen-bond donors (Lipinski definition) is 2. The van der Waals surface area contributed by atoms with E-state index in [0.29, 0.717) is 35.8 Å². The van der Waals surface area contributed by atoms with Crippen LogP contribution < -0.4 is 15.2 Å². The zero-order chi connectivity index (χ0) is 38.0. The number of amides is 2. The van der Waals surface area contributed by atoms with Gasteiger partial charge in [-0.25, -0.2) is 4.57 Å². The zero-order valence-corrected chi connectivity index (χ0v) is 32.1. The van der Waals surface area contributed by atoms with E-state index in [-0.39, 0.29) is 17.6 Å². The van der Waals surface area contributed by atoms with Crippen LogP contribution in [0.5, 0.6) is 0 Å². The number of methoxy groups -OCH3 is 2. The molecule has 1 aliphatic rings. The van der Waals surface area contributed by atoms with Crippen LogP contribution in [-0.4, -0.2) is 77.3 Å². The van der Waals surface area contributed by atoms with Crippen molar-refractivity contribution in [1.29, 1.82) is 0 Å². The number of anilines is 2. The van der Waals surface area contributed by atoms with Crippen LogP contribution in [0.15, 0.2) is 120 Å². The molecule has 0 bridgehead atoms. The molecule has 4 aromatic heterocycles. The average molecular weight is 778 g/mol. The van der Waals surface area contributed by atoms with Crippen molar-refractivity contribution in [2.24, 2.45) is 0 Å². The van der Waals surface area contributed by atoms with Crippen LogP contribution in [-0.2, 0) is 38.7 Å². The van der Waals surface area contributed by atoms with Crippen molar-refractivity contribution in [2.45, 2.75) is 60.2 Å². The summed E-state index contributed by atoms with van der Waals surface area (Å²) in [6, 6.07) is 26.5. The molecule has 2 amide bonds. The first-order valence-electron chi connectivity index (χ1n) is 17.8. The molecule has 0 radical (unpaired) electrons. The number of carbonyl (C=O) groups is 2. The highest BCUT2D eigenvalue weighted by atomic mass is 32.2. The fourth-order valence-electron chi connectivity index (χ4n) is 6.20. The number of benzene rings is 2. The molecular formula is C39H41N10O4S2+. The molecule has 55 heavy (non-hydrogen) atoms. The molecule has 2 N–H and O–H groups in total. The molecule has 16 heteroatoms. The standard InChI is InChI=1S/C39H40N10O4S2/c1-52-33(53-2)26-48-35(29-16-22-41-23-17-29)49(46-38(48)54-27-32(50)42-30-10-5-3-6-11-30)25-24-47-34(28-14-20-40-21-15-28)44-45-37(47)55-39(18-9-19-39)36(51)43-31-12-7-4-8-13-31/h3-8,10-17,20-23,33H,9,18-19,24-27H2,1-2H3,(H-,42,43,50,51)/p+1. The van der Waals surface area contributed by atoms with E-state index in [2.05, 4.69) is 30.8 Å². The Morgan fingerprint density at radius 3 is 2.04 bits per heavy atom. The Hall–Kier alpha value is -5.42. The smallest absolute Gasteiger partial charge is 0.337 e. The third-order valence-electron chi connectivity index (χ3n) is 9.21. The van der Waals surface area contributed by atoms with Crippen LogP contribution in [0.4, 0.5) is 11.4 Å². The highest BCUT2D eigenvalue weighted by Crippen LogP contribution is 2.48. The first-order chi connectivity index (χ1) is 27.0. The van der Waals surface area contributed by atoms with E-state index in [0.717, 1.165) is 47.6 Å².